The Morgan fingerprint density at radius 1 is 0.964 bits per heavy atom. The van der Waals surface area contributed by atoms with Gasteiger partial charge in [-0.15, -0.1) is 10.2 Å². The summed E-state index contributed by atoms with van der Waals surface area (Å²) in [6, 6.07) is 13.6. The Labute approximate surface area is 160 Å². The van der Waals surface area contributed by atoms with Crippen LogP contribution in [0.2, 0.25) is 0 Å². The second-order valence-electron chi connectivity index (χ2n) is 6.64. The predicted octanol–water partition coefficient (Wildman–Crippen LogP) is 1.50. The number of H-pyrrole nitrogens is 1. The van der Waals surface area contributed by atoms with Crippen molar-refractivity contribution < 1.29 is 4.79 Å². The Kier molecular flexibility index (Phi) is 3.97. The number of fused-ring (bicyclic) bond motifs is 1. The maximum atomic E-state index is 12.8. The molecule has 9 heteroatoms. The highest BCUT2D eigenvalue weighted by Gasteiger charge is 2.24. The molecular formula is C19H18N8O. The Hall–Kier alpha value is -3.75. The second-order valence-corrected chi connectivity index (χ2v) is 6.64. The number of nitrogens with zero attached hydrogens (tertiary/aromatic N) is 7. The maximum absolute atomic E-state index is 12.8. The molecule has 1 aliphatic heterocycles. The molecule has 0 bridgehead atoms. The van der Waals surface area contributed by atoms with E-state index >= 15 is 0 Å². The highest BCUT2D eigenvalue weighted by Crippen LogP contribution is 2.18. The van der Waals surface area contributed by atoms with Gasteiger partial charge in [0, 0.05) is 37.1 Å². The lowest BCUT2D eigenvalue weighted by atomic mass is 10.2. The number of hydrogen-bond donors (Lipinski definition) is 1. The van der Waals surface area contributed by atoms with Crippen LogP contribution in [0.25, 0.3) is 16.7 Å². The second kappa shape index (κ2) is 6.76. The Morgan fingerprint density at radius 3 is 2.46 bits per heavy atom. The van der Waals surface area contributed by atoms with Crippen LogP contribution in [0.15, 0.2) is 55.1 Å². The quantitative estimate of drug-likeness (QED) is 0.584. The van der Waals surface area contributed by atoms with Gasteiger partial charge in [0.25, 0.3) is 5.91 Å². The van der Waals surface area contributed by atoms with E-state index in [1.54, 1.807) is 11.0 Å². The number of anilines is 1. The smallest absolute Gasteiger partial charge is 0.270 e. The van der Waals surface area contributed by atoms with Gasteiger partial charge in [-0.2, -0.15) is 5.10 Å². The normalized spacial score (nSPS) is 14.6. The van der Waals surface area contributed by atoms with Gasteiger partial charge >= 0.3 is 0 Å². The van der Waals surface area contributed by atoms with Crippen molar-refractivity contribution in [3.8, 4) is 5.82 Å². The number of benzene rings is 1. The van der Waals surface area contributed by atoms with Crippen molar-refractivity contribution in [3.63, 3.8) is 0 Å². The number of piperazine rings is 1. The number of aromatic nitrogens is 6. The molecule has 4 aromatic rings. The van der Waals surface area contributed by atoms with E-state index in [1.165, 1.54) is 6.33 Å². The van der Waals surface area contributed by atoms with Gasteiger partial charge in [-0.1, -0.05) is 18.2 Å². The predicted molar refractivity (Wildman–Crippen MR) is 103 cm³/mol. The van der Waals surface area contributed by atoms with E-state index in [0.29, 0.717) is 37.7 Å². The van der Waals surface area contributed by atoms with Crippen molar-refractivity contribution in [1.82, 2.24) is 34.8 Å². The van der Waals surface area contributed by atoms with Gasteiger partial charge in [0.1, 0.15) is 18.3 Å². The molecule has 28 heavy (non-hydrogen) atoms. The molecule has 1 aliphatic rings. The van der Waals surface area contributed by atoms with Crippen LogP contribution >= 0.6 is 0 Å². The molecule has 1 aromatic carbocycles. The molecule has 0 spiro atoms. The summed E-state index contributed by atoms with van der Waals surface area (Å²) in [5.74, 6) is 1.44. The largest absolute Gasteiger partial charge is 0.352 e. The third-order valence-corrected chi connectivity index (χ3v) is 4.94. The molecule has 0 atom stereocenters. The fourth-order valence-electron chi connectivity index (χ4n) is 3.43. The van der Waals surface area contributed by atoms with Crippen LogP contribution in [0.5, 0.6) is 0 Å². The van der Waals surface area contributed by atoms with Crippen molar-refractivity contribution in [2.24, 2.45) is 0 Å². The minimum absolute atomic E-state index is 0.0310. The van der Waals surface area contributed by atoms with E-state index in [-0.39, 0.29) is 5.91 Å². The molecule has 1 N–H and O–H groups in total. The highest BCUT2D eigenvalue weighted by molar-refractivity contribution is 5.98. The monoisotopic (exact) mass is 374 g/mol. The van der Waals surface area contributed by atoms with Gasteiger partial charge in [0.2, 0.25) is 0 Å². The summed E-state index contributed by atoms with van der Waals surface area (Å²) in [5, 5.41) is 13.6. The summed E-state index contributed by atoms with van der Waals surface area (Å²) in [6.45, 7) is 2.70. The Balaban J connectivity index is 1.25. The summed E-state index contributed by atoms with van der Waals surface area (Å²) in [7, 11) is 0. The van der Waals surface area contributed by atoms with Crippen molar-refractivity contribution >= 4 is 22.6 Å². The number of amides is 1. The summed E-state index contributed by atoms with van der Waals surface area (Å²) in [5.41, 5.74) is 1.61. The average Bonchev–Trinajstić information content (AvgIpc) is 3.43. The SMILES string of the molecule is O=C(c1cc2ccccc2[nH]1)N1CCN(c2ccc(-n3cncn3)nn2)CC1. The number of nitrogens with one attached hydrogen (secondary N) is 1. The van der Waals surface area contributed by atoms with Crippen molar-refractivity contribution in [2.75, 3.05) is 31.1 Å². The fraction of sp³-hybridized carbons (Fsp3) is 0.211. The van der Waals surface area contributed by atoms with Crippen molar-refractivity contribution in [2.45, 2.75) is 0 Å². The molecule has 1 amide bonds. The van der Waals surface area contributed by atoms with Crippen molar-refractivity contribution in [1.29, 1.82) is 0 Å². The molecule has 0 saturated carbocycles. The first-order valence-corrected chi connectivity index (χ1v) is 9.09. The molecule has 0 aliphatic carbocycles. The molecule has 1 fully saturated rings. The van der Waals surface area contributed by atoms with E-state index in [9.17, 15) is 4.79 Å². The topological polar surface area (TPSA) is 95.8 Å². The Morgan fingerprint density at radius 2 is 1.75 bits per heavy atom. The molecule has 4 heterocycles. The van der Waals surface area contributed by atoms with Gasteiger partial charge < -0.3 is 14.8 Å². The fourth-order valence-corrected chi connectivity index (χ4v) is 3.43. The summed E-state index contributed by atoms with van der Waals surface area (Å²) in [4.78, 5) is 23.9. The molecule has 0 unspecified atom stereocenters. The minimum atomic E-state index is 0.0310. The van der Waals surface area contributed by atoms with Crippen LogP contribution in [0.1, 0.15) is 10.5 Å². The first kappa shape index (κ1) is 16.4. The number of hydrogen-bond acceptors (Lipinski definition) is 6. The van der Waals surface area contributed by atoms with Crippen LogP contribution in [-0.2, 0) is 0 Å². The van der Waals surface area contributed by atoms with E-state index in [1.807, 2.05) is 47.4 Å². The van der Waals surface area contributed by atoms with Crippen LogP contribution in [-0.4, -0.2) is 66.9 Å². The number of aromatic amines is 1. The highest BCUT2D eigenvalue weighted by atomic mass is 16.2. The minimum Gasteiger partial charge on any atom is -0.352 e. The average molecular weight is 374 g/mol. The lowest BCUT2D eigenvalue weighted by Gasteiger charge is -2.35. The zero-order valence-electron chi connectivity index (χ0n) is 15.1. The number of carbonyl (C=O) groups excluding carboxylic acids is 1. The van der Waals surface area contributed by atoms with Crippen molar-refractivity contribution in [3.05, 3.63) is 60.8 Å². The van der Waals surface area contributed by atoms with Gasteiger partial charge in [-0.3, -0.25) is 4.79 Å². The van der Waals surface area contributed by atoms with E-state index < -0.39 is 0 Å². The van der Waals surface area contributed by atoms with Crippen LogP contribution in [0.3, 0.4) is 0 Å². The van der Waals surface area contributed by atoms with Gasteiger partial charge in [-0.05, 0) is 24.3 Å². The van der Waals surface area contributed by atoms with Gasteiger partial charge in [0.15, 0.2) is 11.6 Å². The number of rotatable bonds is 3. The molecule has 9 nitrogen and oxygen atoms in total. The summed E-state index contributed by atoms with van der Waals surface area (Å²) >= 11 is 0. The third-order valence-electron chi connectivity index (χ3n) is 4.94. The number of carbonyl (C=O) groups is 1. The molecule has 3 aromatic heterocycles. The molecule has 140 valence electrons. The van der Waals surface area contributed by atoms with Gasteiger partial charge in [-0.25, -0.2) is 9.67 Å². The number of para-hydroxylation sites is 1. The van der Waals surface area contributed by atoms with Crippen LogP contribution in [0, 0.1) is 0 Å². The summed E-state index contributed by atoms with van der Waals surface area (Å²) in [6.07, 6.45) is 3.04. The lowest BCUT2D eigenvalue weighted by Crippen LogP contribution is -2.49. The summed E-state index contributed by atoms with van der Waals surface area (Å²) < 4.78 is 1.56. The van der Waals surface area contributed by atoms with Gasteiger partial charge in [0.05, 0.1) is 0 Å². The van der Waals surface area contributed by atoms with Crippen LogP contribution in [0.4, 0.5) is 5.82 Å². The van der Waals surface area contributed by atoms with Crippen LogP contribution < -0.4 is 4.90 Å². The zero-order valence-corrected chi connectivity index (χ0v) is 15.1. The van der Waals surface area contributed by atoms with E-state index in [4.69, 9.17) is 0 Å². The standard InChI is InChI=1S/C19H18N8O/c28-19(16-11-14-3-1-2-4-15(14)22-16)26-9-7-25(8-10-26)17-5-6-18(24-23-17)27-13-20-12-21-27/h1-6,11-13,22H,7-10H2. The first-order chi connectivity index (χ1) is 13.8. The molecule has 1 saturated heterocycles. The first-order valence-electron chi connectivity index (χ1n) is 9.09. The molecule has 5 rings (SSSR count). The zero-order chi connectivity index (χ0) is 18.9. The maximum Gasteiger partial charge on any atom is 0.270 e. The van der Waals surface area contributed by atoms with E-state index in [2.05, 4.69) is 30.2 Å². The molecule has 0 radical (unpaired) electrons. The Bertz CT molecular complexity index is 1060. The van der Waals surface area contributed by atoms with E-state index in [0.717, 1.165) is 16.7 Å². The third kappa shape index (κ3) is 2.96. The lowest BCUT2D eigenvalue weighted by molar-refractivity contribution is 0.0741. The molecular weight excluding hydrogens is 356 g/mol.